The second-order valence-corrected chi connectivity index (χ2v) is 4.07. The van der Waals surface area contributed by atoms with Crippen LogP contribution in [0.3, 0.4) is 0 Å². The molecule has 4 nitrogen and oxygen atoms in total. The maximum atomic E-state index is 11.2. The van der Waals surface area contributed by atoms with E-state index in [-0.39, 0.29) is 5.78 Å². The number of Topliss-reactive ketones (excluding diaryl/α,β-unsaturated/α-hetero) is 1. The molecule has 96 valence electrons. The van der Waals surface area contributed by atoms with Crippen molar-refractivity contribution in [3.05, 3.63) is 30.0 Å². The second kappa shape index (κ2) is 5.69. The average molecular weight is 247 g/mol. The van der Waals surface area contributed by atoms with Gasteiger partial charge in [-0.3, -0.25) is 4.79 Å². The molecule has 0 unspecified atom stereocenters. The van der Waals surface area contributed by atoms with Crippen molar-refractivity contribution in [2.75, 3.05) is 19.7 Å². The van der Waals surface area contributed by atoms with Gasteiger partial charge in [0.25, 0.3) is 0 Å². The molecule has 2 rings (SSSR count). The van der Waals surface area contributed by atoms with E-state index >= 15 is 0 Å². The molecule has 0 amide bonds. The lowest BCUT2D eigenvalue weighted by atomic mass is 10.2. The normalized spacial score (nSPS) is 10.8. The minimum atomic E-state index is -0.0687. The Morgan fingerprint density at radius 1 is 1.39 bits per heavy atom. The van der Waals surface area contributed by atoms with Crippen molar-refractivity contribution in [2.45, 2.75) is 13.8 Å². The van der Waals surface area contributed by atoms with Crippen LogP contribution in [0.15, 0.2) is 28.7 Å². The SMILES string of the molecule is CCNCCOc1ccc2oc(C(C)=O)cc2c1. The Morgan fingerprint density at radius 3 is 2.94 bits per heavy atom. The molecule has 2 aromatic rings. The third kappa shape index (κ3) is 2.90. The number of nitrogens with one attached hydrogen (secondary N) is 1. The van der Waals surface area contributed by atoms with Crippen molar-refractivity contribution in [3.8, 4) is 5.75 Å². The van der Waals surface area contributed by atoms with Crippen LogP contribution >= 0.6 is 0 Å². The number of fused-ring (bicyclic) bond motifs is 1. The van der Waals surface area contributed by atoms with Crippen LogP contribution in [0.25, 0.3) is 11.0 Å². The minimum Gasteiger partial charge on any atom is -0.492 e. The van der Waals surface area contributed by atoms with E-state index in [0.29, 0.717) is 18.0 Å². The van der Waals surface area contributed by atoms with Crippen LogP contribution in [0.4, 0.5) is 0 Å². The van der Waals surface area contributed by atoms with Gasteiger partial charge < -0.3 is 14.5 Å². The van der Waals surface area contributed by atoms with Gasteiger partial charge in [-0.2, -0.15) is 0 Å². The molecule has 0 aliphatic heterocycles. The first-order chi connectivity index (χ1) is 8.70. The minimum absolute atomic E-state index is 0.0687. The van der Waals surface area contributed by atoms with Crippen molar-refractivity contribution >= 4 is 16.8 Å². The first kappa shape index (κ1) is 12.6. The lowest BCUT2D eigenvalue weighted by Crippen LogP contribution is -2.20. The molecule has 0 spiro atoms. The maximum Gasteiger partial charge on any atom is 0.194 e. The van der Waals surface area contributed by atoms with Crippen LogP contribution in [-0.4, -0.2) is 25.5 Å². The van der Waals surface area contributed by atoms with Gasteiger partial charge in [0.2, 0.25) is 0 Å². The van der Waals surface area contributed by atoms with Crippen LogP contribution in [0.5, 0.6) is 5.75 Å². The first-order valence-corrected chi connectivity index (χ1v) is 6.08. The van der Waals surface area contributed by atoms with E-state index in [1.54, 1.807) is 6.07 Å². The van der Waals surface area contributed by atoms with Crippen molar-refractivity contribution in [3.63, 3.8) is 0 Å². The number of hydrogen-bond donors (Lipinski definition) is 1. The molecule has 1 heterocycles. The molecule has 18 heavy (non-hydrogen) atoms. The molecule has 4 heteroatoms. The van der Waals surface area contributed by atoms with Gasteiger partial charge in [0.15, 0.2) is 11.5 Å². The van der Waals surface area contributed by atoms with E-state index < -0.39 is 0 Å². The number of carbonyl (C=O) groups excluding carboxylic acids is 1. The summed E-state index contributed by atoms with van der Waals surface area (Å²) in [7, 11) is 0. The fourth-order valence-corrected chi connectivity index (χ4v) is 1.70. The van der Waals surface area contributed by atoms with Gasteiger partial charge >= 0.3 is 0 Å². The van der Waals surface area contributed by atoms with Gasteiger partial charge in [-0.15, -0.1) is 0 Å². The third-order valence-corrected chi connectivity index (χ3v) is 2.63. The van der Waals surface area contributed by atoms with Gasteiger partial charge in [-0.05, 0) is 30.8 Å². The van der Waals surface area contributed by atoms with Crippen molar-refractivity contribution < 1.29 is 13.9 Å². The lowest BCUT2D eigenvalue weighted by molar-refractivity contribution is 0.0989. The highest BCUT2D eigenvalue weighted by Crippen LogP contribution is 2.24. The zero-order chi connectivity index (χ0) is 13.0. The zero-order valence-corrected chi connectivity index (χ0v) is 10.7. The highest BCUT2D eigenvalue weighted by atomic mass is 16.5. The summed E-state index contributed by atoms with van der Waals surface area (Å²) >= 11 is 0. The molecule has 1 aromatic carbocycles. The highest BCUT2D eigenvalue weighted by molar-refractivity contribution is 5.96. The monoisotopic (exact) mass is 247 g/mol. The molecule has 1 aromatic heterocycles. The molecular formula is C14H17NO3. The Labute approximate surface area is 106 Å². The zero-order valence-electron chi connectivity index (χ0n) is 10.7. The molecule has 0 aliphatic rings. The third-order valence-electron chi connectivity index (χ3n) is 2.63. The Bertz CT molecular complexity index is 545. The van der Waals surface area contributed by atoms with Crippen molar-refractivity contribution in [2.24, 2.45) is 0 Å². The number of benzene rings is 1. The second-order valence-electron chi connectivity index (χ2n) is 4.07. The van der Waals surface area contributed by atoms with Crippen LogP contribution in [0.1, 0.15) is 24.4 Å². The quantitative estimate of drug-likeness (QED) is 0.629. The topological polar surface area (TPSA) is 51.5 Å². The standard InChI is InChI=1S/C14H17NO3/c1-3-15-6-7-17-12-4-5-13-11(8-12)9-14(18-13)10(2)16/h4-5,8-9,15H,3,6-7H2,1-2H3. The van der Waals surface area contributed by atoms with Gasteiger partial charge in [0.05, 0.1) is 0 Å². The number of ether oxygens (including phenoxy) is 1. The van der Waals surface area contributed by atoms with Crippen LogP contribution in [-0.2, 0) is 0 Å². The number of furan rings is 1. The van der Waals surface area contributed by atoms with Gasteiger partial charge in [-0.1, -0.05) is 6.92 Å². The van der Waals surface area contributed by atoms with Gasteiger partial charge in [-0.25, -0.2) is 0 Å². The lowest BCUT2D eigenvalue weighted by Gasteiger charge is -2.05. The Balaban J connectivity index is 2.09. The predicted octanol–water partition coefficient (Wildman–Crippen LogP) is 2.62. The largest absolute Gasteiger partial charge is 0.492 e. The smallest absolute Gasteiger partial charge is 0.194 e. The summed E-state index contributed by atoms with van der Waals surface area (Å²) in [6.07, 6.45) is 0. The molecule has 0 saturated heterocycles. The van der Waals surface area contributed by atoms with E-state index in [1.807, 2.05) is 18.2 Å². The summed E-state index contributed by atoms with van der Waals surface area (Å²) in [6, 6.07) is 7.30. The van der Waals surface area contributed by atoms with Crippen LogP contribution < -0.4 is 10.1 Å². The van der Waals surface area contributed by atoms with E-state index in [0.717, 1.165) is 24.2 Å². The molecule has 0 aliphatic carbocycles. The fraction of sp³-hybridized carbons (Fsp3) is 0.357. The van der Waals surface area contributed by atoms with Gasteiger partial charge in [0.1, 0.15) is 17.9 Å². The number of rotatable bonds is 6. The molecule has 0 bridgehead atoms. The van der Waals surface area contributed by atoms with E-state index in [4.69, 9.17) is 9.15 Å². The molecule has 0 radical (unpaired) electrons. The molecule has 0 atom stereocenters. The predicted molar refractivity (Wildman–Crippen MR) is 70.3 cm³/mol. The summed E-state index contributed by atoms with van der Waals surface area (Å²) < 4.78 is 11.0. The summed E-state index contributed by atoms with van der Waals surface area (Å²) in [6.45, 7) is 5.92. The van der Waals surface area contributed by atoms with E-state index in [1.165, 1.54) is 6.92 Å². The van der Waals surface area contributed by atoms with Crippen molar-refractivity contribution in [1.29, 1.82) is 0 Å². The first-order valence-electron chi connectivity index (χ1n) is 6.08. The summed E-state index contributed by atoms with van der Waals surface area (Å²) in [5.74, 6) is 1.10. The molecule has 1 N–H and O–H groups in total. The number of carbonyl (C=O) groups is 1. The molecule has 0 saturated carbocycles. The van der Waals surface area contributed by atoms with Crippen molar-refractivity contribution in [1.82, 2.24) is 5.32 Å². The Hall–Kier alpha value is -1.81. The van der Waals surface area contributed by atoms with Crippen LogP contribution in [0, 0.1) is 0 Å². The van der Waals surface area contributed by atoms with Gasteiger partial charge in [0, 0.05) is 18.9 Å². The molecule has 0 fully saturated rings. The Morgan fingerprint density at radius 2 is 2.22 bits per heavy atom. The number of hydrogen-bond acceptors (Lipinski definition) is 4. The maximum absolute atomic E-state index is 11.2. The van der Waals surface area contributed by atoms with E-state index in [2.05, 4.69) is 12.2 Å². The highest BCUT2D eigenvalue weighted by Gasteiger charge is 2.08. The summed E-state index contributed by atoms with van der Waals surface area (Å²) in [5.41, 5.74) is 0.708. The Kier molecular flexibility index (Phi) is 3.99. The van der Waals surface area contributed by atoms with Crippen LogP contribution in [0.2, 0.25) is 0 Å². The summed E-state index contributed by atoms with van der Waals surface area (Å²) in [5, 5.41) is 4.08. The number of likely N-dealkylation sites (N-methyl/N-ethyl adjacent to an activating group) is 1. The fourth-order valence-electron chi connectivity index (χ4n) is 1.70. The average Bonchev–Trinajstić information content (AvgIpc) is 2.78. The van der Waals surface area contributed by atoms with E-state index in [9.17, 15) is 4.79 Å². The molecular weight excluding hydrogens is 230 g/mol. The number of ketones is 1. The summed E-state index contributed by atoms with van der Waals surface area (Å²) in [4.78, 5) is 11.2.